The minimum atomic E-state index is 0.0811. The van der Waals surface area contributed by atoms with Crippen molar-refractivity contribution in [2.45, 2.75) is 45.6 Å². The number of amides is 2. The van der Waals surface area contributed by atoms with Crippen LogP contribution in [0, 0.1) is 5.41 Å². The molecule has 144 valence electrons. The number of aromatic nitrogens is 3. The molecule has 7 heteroatoms. The fraction of sp³-hybridized carbons (Fsp3) is 0.600. The van der Waals surface area contributed by atoms with E-state index in [1.807, 2.05) is 45.7 Å². The summed E-state index contributed by atoms with van der Waals surface area (Å²) in [6.07, 6.45) is 4.07. The second-order valence-corrected chi connectivity index (χ2v) is 7.88. The minimum Gasteiger partial charge on any atom is -0.342 e. The van der Waals surface area contributed by atoms with Gasteiger partial charge in [-0.3, -0.25) is 9.59 Å². The summed E-state index contributed by atoms with van der Waals surface area (Å²) in [7, 11) is 0. The van der Waals surface area contributed by atoms with E-state index in [0.717, 1.165) is 56.5 Å². The predicted molar refractivity (Wildman–Crippen MR) is 102 cm³/mol. The number of nitrogens with zero attached hydrogens (tertiary/aromatic N) is 5. The number of para-hydroxylation sites is 1. The van der Waals surface area contributed by atoms with Gasteiger partial charge in [0.2, 0.25) is 11.8 Å². The van der Waals surface area contributed by atoms with E-state index in [-0.39, 0.29) is 17.2 Å². The summed E-state index contributed by atoms with van der Waals surface area (Å²) in [5.74, 6) is 0.429. The molecule has 2 aliphatic heterocycles. The molecule has 0 saturated carbocycles. The Morgan fingerprint density at radius 1 is 1.22 bits per heavy atom. The van der Waals surface area contributed by atoms with Gasteiger partial charge in [0.15, 0.2) is 0 Å². The van der Waals surface area contributed by atoms with Gasteiger partial charge < -0.3 is 9.80 Å². The third kappa shape index (κ3) is 3.55. The van der Waals surface area contributed by atoms with E-state index in [1.54, 1.807) is 0 Å². The van der Waals surface area contributed by atoms with Crippen LogP contribution in [0.25, 0.3) is 11.0 Å². The molecule has 1 aromatic carbocycles. The van der Waals surface area contributed by atoms with Crippen molar-refractivity contribution in [1.82, 2.24) is 24.8 Å². The highest BCUT2D eigenvalue weighted by molar-refractivity contribution is 5.78. The van der Waals surface area contributed by atoms with E-state index in [0.29, 0.717) is 19.4 Å². The van der Waals surface area contributed by atoms with E-state index in [2.05, 4.69) is 10.3 Å². The van der Waals surface area contributed by atoms with Crippen molar-refractivity contribution in [3.05, 3.63) is 24.3 Å². The summed E-state index contributed by atoms with van der Waals surface area (Å²) in [5.41, 5.74) is 1.90. The zero-order valence-corrected chi connectivity index (χ0v) is 15.9. The molecule has 1 spiro atoms. The van der Waals surface area contributed by atoms with Gasteiger partial charge in [-0.2, -0.15) is 0 Å². The number of aryl methyl sites for hydroxylation is 1. The Morgan fingerprint density at radius 3 is 2.93 bits per heavy atom. The third-order valence-electron chi connectivity index (χ3n) is 6.10. The number of hydrogen-bond acceptors (Lipinski definition) is 4. The van der Waals surface area contributed by atoms with Crippen LogP contribution >= 0.6 is 0 Å². The molecule has 1 atom stereocenters. The maximum absolute atomic E-state index is 12.9. The molecular formula is C20H27N5O2. The Bertz CT molecular complexity index is 848. The Labute approximate surface area is 159 Å². The van der Waals surface area contributed by atoms with Crippen LogP contribution in [0.2, 0.25) is 0 Å². The van der Waals surface area contributed by atoms with E-state index in [4.69, 9.17) is 0 Å². The van der Waals surface area contributed by atoms with Crippen LogP contribution < -0.4 is 0 Å². The summed E-state index contributed by atoms with van der Waals surface area (Å²) in [6, 6.07) is 7.81. The van der Waals surface area contributed by atoms with Crippen molar-refractivity contribution < 1.29 is 9.59 Å². The lowest BCUT2D eigenvalue weighted by molar-refractivity contribution is -0.142. The van der Waals surface area contributed by atoms with Gasteiger partial charge in [-0.25, -0.2) is 4.68 Å². The number of fused-ring (bicyclic) bond motifs is 1. The van der Waals surface area contributed by atoms with Gasteiger partial charge in [-0.1, -0.05) is 17.3 Å². The molecular weight excluding hydrogens is 342 g/mol. The van der Waals surface area contributed by atoms with E-state index >= 15 is 0 Å². The molecule has 27 heavy (non-hydrogen) atoms. The molecule has 0 aliphatic carbocycles. The van der Waals surface area contributed by atoms with Crippen LogP contribution in [-0.2, 0) is 16.1 Å². The average Bonchev–Trinajstić information content (AvgIpc) is 3.11. The van der Waals surface area contributed by atoms with Crippen molar-refractivity contribution >= 4 is 22.8 Å². The molecule has 3 heterocycles. The highest BCUT2D eigenvalue weighted by Gasteiger charge is 2.42. The second kappa shape index (κ2) is 7.29. The largest absolute Gasteiger partial charge is 0.342 e. The zero-order valence-electron chi connectivity index (χ0n) is 15.9. The van der Waals surface area contributed by atoms with Crippen molar-refractivity contribution in [2.24, 2.45) is 5.41 Å². The van der Waals surface area contributed by atoms with Gasteiger partial charge in [-0.15, -0.1) is 5.10 Å². The molecule has 2 saturated heterocycles. The molecule has 2 aliphatic rings. The SMILES string of the molecule is CCN1C[C@]2(CCCN(C(=O)CCn3nnc4ccccc43)C2)CCC1=O. The standard InChI is InChI=1S/C20H27N5O2/c1-2-23-14-20(11-8-18(23)26)10-5-12-24(15-20)19(27)9-13-25-17-7-4-3-6-16(17)21-22-25/h3-4,6-7H,2,5,8-15H2,1H3/t20-/m0/s1. The number of rotatable bonds is 4. The second-order valence-electron chi connectivity index (χ2n) is 7.88. The monoisotopic (exact) mass is 369 g/mol. The molecule has 7 nitrogen and oxygen atoms in total. The third-order valence-corrected chi connectivity index (χ3v) is 6.10. The topological polar surface area (TPSA) is 71.3 Å². The lowest BCUT2D eigenvalue weighted by Crippen LogP contribution is -2.55. The van der Waals surface area contributed by atoms with Crippen LogP contribution in [0.15, 0.2) is 24.3 Å². The Balaban J connectivity index is 1.39. The van der Waals surface area contributed by atoms with Gasteiger partial charge >= 0.3 is 0 Å². The number of piperidine rings is 2. The zero-order chi connectivity index (χ0) is 18.9. The number of carbonyl (C=O) groups excluding carboxylic acids is 2. The fourth-order valence-electron chi connectivity index (χ4n) is 4.59. The van der Waals surface area contributed by atoms with Gasteiger partial charge in [0.1, 0.15) is 5.52 Å². The summed E-state index contributed by atoms with van der Waals surface area (Å²) >= 11 is 0. The summed E-state index contributed by atoms with van der Waals surface area (Å²) < 4.78 is 1.81. The number of carbonyl (C=O) groups is 2. The normalized spacial score (nSPS) is 23.4. The maximum atomic E-state index is 12.9. The first kappa shape index (κ1) is 17.9. The molecule has 0 N–H and O–H groups in total. The smallest absolute Gasteiger partial charge is 0.224 e. The number of hydrogen-bond donors (Lipinski definition) is 0. The highest BCUT2D eigenvalue weighted by Crippen LogP contribution is 2.39. The van der Waals surface area contributed by atoms with E-state index in [9.17, 15) is 9.59 Å². The van der Waals surface area contributed by atoms with Crippen LogP contribution in [-0.4, -0.2) is 62.8 Å². The summed E-state index contributed by atoms with van der Waals surface area (Å²) in [4.78, 5) is 28.9. The Kier molecular flexibility index (Phi) is 4.85. The average molecular weight is 369 g/mol. The first-order chi connectivity index (χ1) is 13.1. The summed E-state index contributed by atoms with van der Waals surface area (Å²) in [6.45, 7) is 5.72. The lowest BCUT2D eigenvalue weighted by atomic mass is 9.73. The van der Waals surface area contributed by atoms with E-state index < -0.39 is 0 Å². The molecule has 0 bridgehead atoms. The molecule has 0 unspecified atom stereocenters. The van der Waals surface area contributed by atoms with Crippen LogP contribution in [0.3, 0.4) is 0 Å². The van der Waals surface area contributed by atoms with Crippen molar-refractivity contribution in [1.29, 1.82) is 0 Å². The Morgan fingerprint density at radius 2 is 2.07 bits per heavy atom. The van der Waals surface area contributed by atoms with Gasteiger partial charge in [0.05, 0.1) is 12.1 Å². The van der Waals surface area contributed by atoms with Gasteiger partial charge in [0.25, 0.3) is 0 Å². The van der Waals surface area contributed by atoms with Crippen molar-refractivity contribution in [3.8, 4) is 0 Å². The lowest BCUT2D eigenvalue weighted by Gasteiger charge is -2.48. The quantitative estimate of drug-likeness (QED) is 0.827. The molecule has 1 aromatic heterocycles. The fourth-order valence-corrected chi connectivity index (χ4v) is 4.59. The van der Waals surface area contributed by atoms with Crippen LogP contribution in [0.4, 0.5) is 0 Å². The number of likely N-dealkylation sites (tertiary alicyclic amines) is 2. The first-order valence-corrected chi connectivity index (χ1v) is 9.94. The molecule has 4 rings (SSSR count). The van der Waals surface area contributed by atoms with Crippen LogP contribution in [0.5, 0.6) is 0 Å². The van der Waals surface area contributed by atoms with E-state index in [1.165, 1.54) is 0 Å². The minimum absolute atomic E-state index is 0.0811. The van der Waals surface area contributed by atoms with Gasteiger partial charge in [0, 0.05) is 44.4 Å². The summed E-state index contributed by atoms with van der Waals surface area (Å²) in [5, 5.41) is 8.33. The number of benzene rings is 1. The van der Waals surface area contributed by atoms with Crippen LogP contribution in [0.1, 0.15) is 39.0 Å². The molecule has 0 radical (unpaired) electrons. The molecule has 2 fully saturated rings. The molecule has 2 aromatic rings. The maximum Gasteiger partial charge on any atom is 0.224 e. The first-order valence-electron chi connectivity index (χ1n) is 9.94. The highest BCUT2D eigenvalue weighted by atomic mass is 16.2. The van der Waals surface area contributed by atoms with Gasteiger partial charge in [-0.05, 0) is 38.3 Å². The Hall–Kier alpha value is -2.44. The predicted octanol–water partition coefficient (Wildman–Crippen LogP) is 2.07. The molecule has 2 amide bonds. The van der Waals surface area contributed by atoms with Crippen molar-refractivity contribution in [2.75, 3.05) is 26.2 Å². The van der Waals surface area contributed by atoms with Crippen molar-refractivity contribution in [3.63, 3.8) is 0 Å².